The van der Waals surface area contributed by atoms with E-state index in [-0.39, 0.29) is 23.8 Å². The monoisotopic (exact) mass is 276 g/mol. The molecule has 1 fully saturated rings. The number of nitro groups is 1. The number of hydrogen-bond acceptors (Lipinski definition) is 4. The average molecular weight is 276 g/mol. The fourth-order valence-corrected chi connectivity index (χ4v) is 2.75. The number of benzene rings is 1. The zero-order chi connectivity index (χ0) is 14.6. The van der Waals surface area contributed by atoms with Gasteiger partial charge in [-0.15, -0.1) is 0 Å². The van der Waals surface area contributed by atoms with E-state index < -0.39 is 4.92 Å². The first-order valence-electron chi connectivity index (χ1n) is 6.96. The van der Waals surface area contributed by atoms with Crippen molar-refractivity contribution in [1.82, 2.24) is 0 Å². The molecule has 20 heavy (non-hydrogen) atoms. The standard InChI is InChI=1S/C15H20N2O3/c1-15(9-3-2-4-13(15)11-18)16-10-12-5-7-14(8-6-12)17(19)20/h5-8,10,13,18H,2-4,9,11H2,1H3/t13-,15-/m0/s1. The molecule has 0 spiro atoms. The van der Waals surface area contributed by atoms with Gasteiger partial charge in [0, 0.05) is 30.9 Å². The first kappa shape index (κ1) is 14.7. The molecule has 1 aromatic rings. The Morgan fingerprint density at radius 1 is 1.45 bits per heavy atom. The van der Waals surface area contributed by atoms with Gasteiger partial charge >= 0.3 is 0 Å². The van der Waals surface area contributed by atoms with Gasteiger partial charge in [0.2, 0.25) is 0 Å². The molecule has 0 saturated heterocycles. The normalized spacial score (nSPS) is 26.8. The highest BCUT2D eigenvalue weighted by Crippen LogP contribution is 2.36. The number of aliphatic hydroxyl groups is 1. The molecule has 0 unspecified atom stereocenters. The van der Waals surface area contributed by atoms with Crippen molar-refractivity contribution in [3.05, 3.63) is 39.9 Å². The van der Waals surface area contributed by atoms with Crippen molar-refractivity contribution in [2.45, 2.75) is 38.1 Å². The summed E-state index contributed by atoms with van der Waals surface area (Å²) >= 11 is 0. The molecule has 0 aliphatic heterocycles. The Morgan fingerprint density at radius 3 is 2.75 bits per heavy atom. The molecule has 0 aromatic heterocycles. The number of nitro benzene ring substituents is 1. The molecule has 0 radical (unpaired) electrons. The molecule has 2 atom stereocenters. The minimum absolute atomic E-state index is 0.0827. The largest absolute Gasteiger partial charge is 0.396 e. The van der Waals surface area contributed by atoms with E-state index in [1.54, 1.807) is 18.3 Å². The second-order valence-corrected chi connectivity index (χ2v) is 5.59. The van der Waals surface area contributed by atoms with Crippen LogP contribution in [0.2, 0.25) is 0 Å². The van der Waals surface area contributed by atoms with Crippen LogP contribution < -0.4 is 0 Å². The summed E-state index contributed by atoms with van der Waals surface area (Å²) in [6, 6.07) is 6.35. The lowest BCUT2D eigenvalue weighted by Gasteiger charge is -2.37. The first-order valence-corrected chi connectivity index (χ1v) is 6.96. The first-order chi connectivity index (χ1) is 9.55. The van der Waals surface area contributed by atoms with E-state index >= 15 is 0 Å². The van der Waals surface area contributed by atoms with Crippen molar-refractivity contribution in [2.24, 2.45) is 10.9 Å². The number of hydrogen-bond donors (Lipinski definition) is 1. The summed E-state index contributed by atoms with van der Waals surface area (Å²) in [5, 5.41) is 20.1. The molecular weight excluding hydrogens is 256 g/mol. The minimum Gasteiger partial charge on any atom is -0.396 e. The predicted molar refractivity (Wildman–Crippen MR) is 78.1 cm³/mol. The second kappa shape index (κ2) is 6.13. The maximum atomic E-state index is 10.6. The van der Waals surface area contributed by atoms with E-state index in [1.165, 1.54) is 12.1 Å². The highest BCUT2D eigenvalue weighted by atomic mass is 16.6. The Balaban J connectivity index is 2.12. The fraction of sp³-hybridized carbons (Fsp3) is 0.533. The maximum absolute atomic E-state index is 10.6. The van der Waals surface area contributed by atoms with Crippen LogP contribution in [0, 0.1) is 16.0 Å². The fourth-order valence-electron chi connectivity index (χ4n) is 2.75. The van der Waals surface area contributed by atoms with Crippen molar-refractivity contribution in [1.29, 1.82) is 0 Å². The van der Waals surface area contributed by atoms with E-state index in [4.69, 9.17) is 0 Å². The van der Waals surface area contributed by atoms with Gasteiger partial charge in [-0.3, -0.25) is 15.1 Å². The second-order valence-electron chi connectivity index (χ2n) is 5.59. The number of nitrogens with zero attached hydrogens (tertiary/aromatic N) is 2. The smallest absolute Gasteiger partial charge is 0.269 e. The van der Waals surface area contributed by atoms with Crippen LogP contribution in [-0.2, 0) is 0 Å². The van der Waals surface area contributed by atoms with E-state index in [2.05, 4.69) is 11.9 Å². The maximum Gasteiger partial charge on any atom is 0.269 e. The van der Waals surface area contributed by atoms with E-state index in [9.17, 15) is 15.2 Å². The van der Waals surface area contributed by atoms with Gasteiger partial charge in [-0.25, -0.2) is 0 Å². The van der Waals surface area contributed by atoms with Crippen molar-refractivity contribution in [2.75, 3.05) is 6.61 Å². The molecule has 1 aliphatic carbocycles. The minimum atomic E-state index is -0.412. The summed E-state index contributed by atoms with van der Waals surface area (Å²) in [7, 11) is 0. The molecule has 2 rings (SSSR count). The van der Waals surface area contributed by atoms with E-state index in [1.807, 2.05) is 0 Å². The van der Waals surface area contributed by atoms with Crippen LogP contribution in [-0.4, -0.2) is 28.4 Å². The van der Waals surface area contributed by atoms with Gasteiger partial charge in [-0.05, 0) is 37.5 Å². The van der Waals surface area contributed by atoms with Crippen molar-refractivity contribution in [3.63, 3.8) is 0 Å². The molecule has 5 nitrogen and oxygen atoms in total. The summed E-state index contributed by atoms with van der Waals surface area (Å²) < 4.78 is 0. The number of rotatable bonds is 4. The van der Waals surface area contributed by atoms with Crippen LogP contribution in [0.4, 0.5) is 5.69 Å². The van der Waals surface area contributed by atoms with Gasteiger partial charge in [0.05, 0.1) is 10.5 Å². The van der Waals surface area contributed by atoms with Gasteiger partial charge in [0.25, 0.3) is 5.69 Å². The number of non-ortho nitro benzene ring substituents is 1. The molecule has 0 amide bonds. The van der Waals surface area contributed by atoms with Gasteiger partial charge in [0.15, 0.2) is 0 Å². The third-order valence-electron chi connectivity index (χ3n) is 4.20. The zero-order valence-electron chi connectivity index (χ0n) is 11.7. The Bertz CT molecular complexity index is 498. The van der Waals surface area contributed by atoms with Crippen LogP contribution in [0.5, 0.6) is 0 Å². The van der Waals surface area contributed by atoms with Crippen LogP contribution in [0.3, 0.4) is 0 Å². The molecular formula is C15H20N2O3. The molecule has 108 valence electrons. The molecule has 1 saturated carbocycles. The van der Waals surface area contributed by atoms with Gasteiger partial charge < -0.3 is 5.11 Å². The Kier molecular flexibility index (Phi) is 4.49. The molecule has 1 aliphatic rings. The van der Waals surface area contributed by atoms with Crippen LogP contribution >= 0.6 is 0 Å². The number of aliphatic imine (C=N–C) groups is 1. The highest BCUT2D eigenvalue weighted by molar-refractivity contribution is 5.80. The highest BCUT2D eigenvalue weighted by Gasteiger charge is 2.35. The van der Waals surface area contributed by atoms with Crippen molar-refractivity contribution < 1.29 is 10.0 Å². The Hall–Kier alpha value is -1.75. The van der Waals surface area contributed by atoms with Gasteiger partial charge in [-0.2, -0.15) is 0 Å². The van der Waals surface area contributed by atoms with Gasteiger partial charge in [0.1, 0.15) is 0 Å². The predicted octanol–water partition coefficient (Wildman–Crippen LogP) is 2.95. The Labute approximate surface area is 118 Å². The van der Waals surface area contributed by atoms with Crippen molar-refractivity contribution >= 4 is 11.9 Å². The summed E-state index contributed by atoms with van der Waals surface area (Å²) in [5.74, 6) is 0.200. The van der Waals surface area contributed by atoms with E-state index in [0.29, 0.717) is 0 Å². The lowest BCUT2D eigenvalue weighted by molar-refractivity contribution is -0.384. The molecule has 1 aromatic carbocycles. The van der Waals surface area contributed by atoms with Crippen LogP contribution in [0.1, 0.15) is 38.2 Å². The molecule has 0 bridgehead atoms. The molecule has 1 N–H and O–H groups in total. The number of aliphatic hydroxyl groups excluding tert-OH is 1. The SMILES string of the molecule is C[C@]1(N=Cc2ccc([N+](=O)[O-])cc2)CCCC[C@H]1CO. The summed E-state index contributed by atoms with van der Waals surface area (Å²) in [4.78, 5) is 14.8. The lowest BCUT2D eigenvalue weighted by Crippen LogP contribution is -2.38. The quantitative estimate of drug-likeness (QED) is 0.522. The van der Waals surface area contributed by atoms with E-state index in [0.717, 1.165) is 31.2 Å². The summed E-state index contributed by atoms with van der Waals surface area (Å²) in [5.41, 5.74) is 0.702. The van der Waals surface area contributed by atoms with Crippen molar-refractivity contribution in [3.8, 4) is 0 Å². The lowest BCUT2D eigenvalue weighted by atomic mass is 9.75. The van der Waals surface area contributed by atoms with Crippen LogP contribution in [0.15, 0.2) is 29.3 Å². The Morgan fingerprint density at radius 2 is 2.15 bits per heavy atom. The topological polar surface area (TPSA) is 75.7 Å². The zero-order valence-corrected chi connectivity index (χ0v) is 11.7. The van der Waals surface area contributed by atoms with Gasteiger partial charge in [-0.1, -0.05) is 12.8 Å². The third-order valence-corrected chi connectivity index (χ3v) is 4.20. The third kappa shape index (κ3) is 3.22. The molecule has 0 heterocycles. The summed E-state index contributed by atoms with van der Waals surface area (Å²) in [6.07, 6.45) is 6.02. The average Bonchev–Trinajstić information content (AvgIpc) is 2.46. The summed E-state index contributed by atoms with van der Waals surface area (Å²) in [6.45, 7) is 2.24. The van der Waals surface area contributed by atoms with Crippen LogP contribution in [0.25, 0.3) is 0 Å². The molecule has 5 heteroatoms.